The molecule has 1 heterocycles. The Labute approximate surface area is 143 Å². The maximum Gasteiger partial charge on any atom is 0.319 e. The van der Waals surface area contributed by atoms with E-state index in [1.165, 1.54) is 23.5 Å². The van der Waals surface area contributed by atoms with Crippen LogP contribution in [0.4, 0.5) is 14.9 Å². The molecule has 0 aliphatic carbocycles. The Morgan fingerprint density at radius 3 is 2.96 bits per heavy atom. The first-order valence-electron chi connectivity index (χ1n) is 7.09. The molecule has 0 saturated carbocycles. The van der Waals surface area contributed by atoms with Crippen LogP contribution >= 0.6 is 11.3 Å². The normalized spacial score (nSPS) is 12.8. The zero-order chi connectivity index (χ0) is 17.6. The van der Waals surface area contributed by atoms with Crippen molar-refractivity contribution in [2.45, 2.75) is 12.5 Å². The minimum atomic E-state index is -1.18. The molecule has 0 aliphatic heterocycles. The van der Waals surface area contributed by atoms with Crippen molar-refractivity contribution >= 4 is 23.1 Å². The van der Waals surface area contributed by atoms with Crippen LogP contribution in [-0.2, 0) is 5.60 Å². The summed E-state index contributed by atoms with van der Waals surface area (Å²) >= 11 is 1.40. The highest BCUT2D eigenvalue weighted by Crippen LogP contribution is 2.26. The monoisotopic (exact) mass is 348 g/mol. The van der Waals surface area contributed by atoms with Gasteiger partial charge in [-0.3, -0.25) is 0 Å². The van der Waals surface area contributed by atoms with Gasteiger partial charge < -0.3 is 20.5 Å². The van der Waals surface area contributed by atoms with Gasteiger partial charge in [0.05, 0.1) is 12.2 Å². The number of hydrogen-bond donors (Lipinski definition) is 3. The van der Waals surface area contributed by atoms with Crippen molar-refractivity contribution in [3.63, 3.8) is 0 Å². The summed E-state index contributed by atoms with van der Waals surface area (Å²) in [5, 5.41) is 17.3. The summed E-state index contributed by atoms with van der Waals surface area (Å²) in [7, 11) is 0. The highest BCUT2D eigenvalue weighted by Gasteiger charge is 2.25. The molecule has 0 saturated heterocycles. The van der Waals surface area contributed by atoms with Gasteiger partial charge in [-0.1, -0.05) is 12.0 Å². The molecular weight excluding hydrogens is 331 g/mol. The molecule has 0 spiro atoms. The molecule has 0 radical (unpaired) electrons. The molecule has 5 nitrogen and oxygen atoms in total. The number of anilines is 1. The molecule has 1 atom stereocenters. The summed E-state index contributed by atoms with van der Waals surface area (Å²) in [5.41, 5.74) is -0.906. The van der Waals surface area contributed by atoms with Gasteiger partial charge in [0.15, 0.2) is 0 Å². The first-order chi connectivity index (χ1) is 11.4. The minimum Gasteiger partial charge on any atom is -0.479 e. The number of carbonyl (C=O) groups is 1. The molecule has 24 heavy (non-hydrogen) atoms. The Balaban J connectivity index is 1.99. The Morgan fingerprint density at radius 1 is 1.50 bits per heavy atom. The summed E-state index contributed by atoms with van der Waals surface area (Å²) in [6.45, 7) is 1.58. The number of nitrogens with one attached hydrogen (secondary N) is 2. The second kappa shape index (κ2) is 7.81. The first-order valence-corrected chi connectivity index (χ1v) is 7.97. The van der Waals surface area contributed by atoms with E-state index >= 15 is 0 Å². The SMILES string of the molecule is C#CCOc1cc(F)ccc1NC(=O)NCC(C)(O)c1cccs1. The molecule has 0 fully saturated rings. The zero-order valence-corrected chi connectivity index (χ0v) is 13.8. The second-order valence-corrected chi connectivity index (χ2v) is 6.14. The summed E-state index contributed by atoms with van der Waals surface area (Å²) in [6.07, 6.45) is 5.11. The standard InChI is InChI=1S/C17H17FN2O3S/c1-3-8-23-14-10-12(18)6-7-13(14)20-16(21)19-11-17(2,22)15-5-4-9-24-15/h1,4-7,9-10,22H,8,11H2,2H3,(H2,19,20,21). The van der Waals surface area contributed by atoms with E-state index in [9.17, 15) is 14.3 Å². The molecule has 7 heteroatoms. The maximum absolute atomic E-state index is 13.3. The van der Waals surface area contributed by atoms with E-state index in [4.69, 9.17) is 11.2 Å². The maximum atomic E-state index is 13.3. The van der Waals surface area contributed by atoms with Crippen LogP contribution < -0.4 is 15.4 Å². The van der Waals surface area contributed by atoms with Gasteiger partial charge in [-0.25, -0.2) is 9.18 Å². The largest absolute Gasteiger partial charge is 0.479 e. The van der Waals surface area contributed by atoms with E-state index < -0.39 is 17.4 Å². The molecule has 1 aromatic heterocycles. The zero-order valence-electron chi connectivity index (χ0n) is 13.0. The molecule has 2 rings (SSSR count). The van der Waals surface area contributed by atoms with Gasteiger partial charge in [-0.15, -0.1) is 17.8 Å². The summed E-state index contributed by atoms with van der Waals surface area (Å²) < 4.78 is 18.5. The van der Waals surface area contributed by atoms with Gasteiger partial charge in [0.2, 0.25) is 0 Å². The van der Waals surface area contributed by atoms with Crippen LogP contribution in [0.15, 0.2) is 35.7 Å². The third kappa shape index (κ3) is 4.72. The second-order valence-electron chi connectivity index (χ2n) is 5.19. The molecular formula is C17H17FN2O3S. The van der Waals surface area contributed by atoms with Crippen molar-refractivity contribution in [3.8, 4) is 18.1 Å². The van der Waals surface area contributed by atoms with Crippen LogP contribution in [0.5, 0.6) is 5.75 Å². The number of aliphatic hydroxyl groups is 1. The number of hydrogen-bond acceptors (Lipinski definition) is 4. The van der Waals surface area contributed by atoms with Gasteiger partial charge in [0, 0.05) is 10.9 Å². The van der Waals surface area contributed by atoms with Crippen LogP contribution in [0.2, 0.25) is 0 Å². The highest BCUT2D eigenvalue weighted by atomic mass is 32.1. The fourth-order valence-corrected chi connectivity index (χ4v) is 2.72. The lowest BCUT2D eigenvalue weighted by atomic mass is 10.1. The number of benzene rings is 1. The van der Waals surface area contributed by atoms with E-state index in [0.717, 1.165) is 10.9 Å². The highest BCUT2D eigenvalue weighted by molar-refractivity contribution is 7.10. The van der Waals surface area contributed by atoms with Crippen LogP contribution in [0.25, 0.3) is 0 Å². The lowest BCUT2D eigenvalue weighted by Crippen LogP contribution is -2.40. The molecule has 3 N–H and O–H groups in total. The van der Waals surface area contributed by atoms with E-state index in [1.807, 2.05) is 11.4 Å². The van der Waals surface area contributed by atoms with E-state index in [0.29, 0.717) is 0 Å². The Bertz CT molecular complexity index is 739. The van der Waals surface area contributed by atoms with Crippen molar-refractivity contribution in [2.75, 3.05) is 18.5 Å². The Hall–Kier alpha value is -2.56. The summed E-state index contributed by atoms with van der Waals surface area (Å²) in [5.74, 6) is 1.90. The van der Waals surface area contributed by atoms with Crippen molar-refractivity contribution in [2.24, 2.45) is 0 Å². The number of terminal acetylenes is 1. The third-order valence-corrected chi connectivity index (χ3v) is 4.27. The van der Waals surface area contributed by atoms with Crippen LogP contribution in [0.3, 0.4) is 0 Å². The smallest absolute Gasteiger partial charge is 0.319 e. The number of urea groups is 1. The van der Waals surface area contributed by atoms with Gasteiger partial charge in [-0.05, 0) is 30.5 Å². The van der Waals surface area contributed by atoms with E-state index in [2.05, 4.69) is 16.6 Å². The third-order valence-electron chi connectivity index (χ3n) is 3.15. The summed E-state index contributed by atoms with van der Waals surface area (Å²) in [6, 6.07) is 6.76. The lowest BCUT2D eigenvalue weighted by molar-refractivity contribution is 0.0637. The Kier molecular flexibility index (Phi) is 5.79. The predicted octanol–water partition coefficient (Wildman–Crippen LogP) is 2.93. The van der Waals surface area contributed by atoms with Gasteiger partial charge in [0.25, 0.3) is 0 Å². The van der Waals surface area contributed by atoms with Gasteiger partial charge >= 0.3 is 6.03 Å². The summed E-state index contributed by atoms with van der Waals surface area (Å²) in [4.78, 5) is 12.8. The molecule has 2 aromatic rings. The fourth-order valence-electron chi connectivity index (χ4n) is 1.93. The lowest BCUT2D eigenvalue weighted by Gasteiger charge is -2.22. The average molecular weight is 348 g/mol. The van der Waals surface area contributed by atoms with Crippen molar-refractivity contribution < 1.29 is 19.0 Å². The molecule has 126 valence electrons. The Morgan fingerprint density at radius 2 is 2.29 bits per heavy atom. The molecule has 1 unspecified atom stereocenters. The number of thiophene rings is 1. The topological polar surface area (TPSA) is 70.6 Å². The van der Waals surface area contributed by atoms with Crippen LogP contribution in [0.1, 0.15) is 11.8 Å². The quantitative estimate of drug-likeness (QED) is 0.703. The van der Waals surface area contributed by atoms with E-state index in [-0.39, 0.29) is 24.6 Å². The molecule has 0 bridgehead atoms. The van der Waals surface area contributed by atoms with Gasteiger partial charge in [0.1, 0.15) is 23.8 Å². The van der Waals surface area contributed by atoms with Crippen LogP contribution in [0, 0.1) is 18.2 Å². The number of ether oxygens (including phenoxy) is 1. The minimum absolute atomic E-state index is 0.0150. The molecule has 0 aliphatic rings. The van der Waals surface area contributed by atoms with Crippen molar-refractivity contribution in [1.29, 1.82) is 0 Å². The number of carbonyl (C=O) groups excluding carboxylic acids is 1. The number of rotatable bonds is 6. The predicted molar refractivity (Wildman–Crippen MR) is 91.6 cm³/mol. The molecule has 2 amide bonds. The van der Waals surface area contributed by atoms with Crippen molar-refractivity contribution in [3.05, 3.63) is 46.4 Å². The average Bonchev–Trinajstić information content (AvgIpc) is 3.08. The number of amides is 2. The van der Waals surface area contributed by atoms with E-state index in [1.54, 1.807) is 13.0 Å². The van der Waals surface area contributed by atoms with Crippen LogP contribution in [-0.4, -0.2) is 24.3 Å². The molecule has 1 aromatic carbocycles. The number of halogens is 1. The van der Waals surface area contributed by atoms with Gasteiger partial charge in [-0.2, -0.15) is 0 Å². The van der Waals surface area contributed by atoms with Crippen molar-refractivity contribution in [1.82, 2.24) is 5.32 Å². The fraction of sp³-hybridized carbons (Fsp3) is 0.235. The first kappa shape index (κ1) is 17.8.